The fourth-order valence-corrected chi connectivity index (χ4v) is 6.25. The number of carboxylic acid groups (broad SMARTS) is 1. The standard InChI is InChI=1S/C21H22Cl2N2O5S/c1-21(20(28)24-18(19(26)27)10-14-6-3-2-4-7-14)8-5-9-25(21)31(29,30)17-12-15(22)11-16(23)13-17/h2-4,6-7,11-13,18H,5,8-10H2,1H3,(H,24,28)(H,26,27)/t18-,21-/m0/s1. The number of halogens is 2. The Labute approximate surface area is 191 Å². The lowest BCUT2D eigenvalue weighted by Crippen LogP contribution is -2.58. The summed E-state index contributed by atoms with van der Waals surface area (Å²) < 4.78 is 27.7. The predicted octanol–water partition coefficient (Wildman–Crippen LogP) is 3.35. The molecule has 31 heavy (non-hydrogen) atoms. The molecule has 1 heterocycles. The molecule has 2 aromatic rings. The Morgan fingerprint density at radius 1 is 1.16 bits per heavy atom. The zero-order valence-corrected chi connectivity index (χ0v) is 19.0. The number of nitrogens with zero attached hydrogens (tertiary/aromatic N) is 1. The zero-order valence-electron chi connectivity index (χ0n) is 16.7. The summed E-state index contributed by atoms with van der Waals surface area (Å²) in [7, 11) is -4.10. The van der Waals surface area contributed by atoms with Crippen LogP contribution in [-0.2, 0) is 26.0 Å². The summed E-state index contributed by atoms with van der Waals surface area (Å²) in [5.41, 5.74) is -0.706. The molecule has 0 saturated carbocycles. The molecular weight excluding hydrogens is 463 g/mol. The molecule has 1 saturated heterocycles. The molecule has 0 unspecified atom stereocenters. The van der Waals surface area contributed by atoms with E-state index >= 15 is 0 Å². The van der Waals surface area contributed by atoms with Crippen molar-refractivity contribution >= 4 is 45.1 Å². The molecule has 2 atom stereocenters. The average Bonchev–Trinajstić information content (AvgIpc) is 3.11. The van der Waals surface area contributed by atoms with Gasteiger partial charge in [-0.15, -0.1) is 0 Å². The van der Waals surface area contributed by atoms with Crippen LogP contribution in [0.3, 0.4) is 0 Å². The van der Waals surface area contributed by atoms with Crippen molar-refractivity contribution in [3.05, 3.63) is 64.1 Å². The van der Waals surface area contributed by atoms with E-state index in [0.29, 0.717) is 6.42 Å². The average molecular weight is 485 g/mol. The van der Waals surface area contributed by atoms with Gasteiger partial charge in [-0.05, 0) is 43.5 Å². The third kappa shape index (κ3) is 5.03. The number of aliphatic carboxylic acids is 1. The van der Waals surface area contributed by atoms with E-state index in [4.69, 9.17) is 23.2 Å². The van der Waals surface area contributed by atoms with Gasteiger partial charge in [0.1, 0.15) is 11.6 Å². The van der Waals surface area contributed by atoms with Gasteiger partial charge in [0.25, 0.3) is 0 Å². The van der Waals surface area contributed by atoms with Crippen molar-refractivity contribution in [1.82, 2.24) is 9.62 Å². The third-order valence-electron chi connectivity index (χ3n) is 5.37. The van der Waals surface area contributed by atoms with Crippen LogP contribution in [0.25, 0.3) is 0 Å². The Morgan fingerprint density at radius 2 is 1.77 bits per heavy atom. The minimum Gasteiger partial charge on any atom is -0.480 e. The number of carbonyl (C=O) groups is 2. The summed E-state index contributed by atoms with van der Waals surface area (Å²) in [6, 6.07) is 11.7. The van der Waals surface area contributed by atoms with E-state index in [-0.39, 0.29) is 34.3 Å². The van der Waals surface area contributed by atoms with Gasteiger partial charge in [0.15, 0.2) is 0 Å². The first-order valence-corrected chi connectivity index (χ1v) is 11.8. The van der Waals surface area contributed by atoms with Crippen LogP contribution in [0.4, 0.5) is 0 Å². The van der Waals surface area contributed by atoms with E-state index in [1.165, 1.54) is 25.1 Å². The molecule has 2 aromatic carbocycles. The number of hydrogen-bond donors (Lipinski definition) is 2. The van der Waals surface area contributed by atoms with Gasteiger partial charge in [-0.3, -0.25) is 4.79 Å². The minimum atomic E-state index is -4.10. The number of sulfonamides is 1. The van der Waals surface area contributed by atoms with Crippen LogP contribution in [0.2, 0.25) is 10.0 Å². The second-order valence-corrected chi connectivity index (χ2v) is 10.3. The molecule has 0 aromatic heterocycles. The van der Waals surface area contributed by atoms with Gasteiger partial charge in [-0.2, -0.15) is 4.31 Å². The van der Waals surface area contributed by atoms with Crippen molar-refractivity contribution in [2.75, 3.05) is 6.54 Å². The first-order valence-electron chi connectivity index (χ1n) is 9.61. The van der Waals surface area contributed by atoms with Gasteiger partial charge in [0.2, 0.25) is 15.9 Å². The van der Waals surface area contributed by atoms with Gasteiger partial charge in [0.05, 0.1) is 4.90 Å². The second kappa shape index (κ2) is 9.16. The number of benzene rings is 2. The maximum absolute atomic E-state index is 13.3. The Morgan fingerprint density at radius 3 is 2.35 bits per heavy atom. The second-order valence-electron chi connectivity index (χ2n) is 7.61. The molecule has 10 heteroatoms. The quantitative estimate of drug-likeness (QED) is 0.626. The van der Waals surface area contributed by atoms with Gasteiger partial charge >= 0.3 is 5.97 Å². The highest BCUT2D eigenvalue weighted by Crippen LogP contribution is 2.36. The smallest absolute Gasteiger partial charge is 0.326 e. The summed E-state index contributed by atoms with van der Waals surface area (Å²) in [4.78, 5) is 24.8. The van der Waals surface area contributed by atoms with Crippen LogP contribution in [0.1, 0.15) is 25.3 Å². The fourth-order valence-electron chi connectivity index (χ4n) is 3.72. The van der Waals surface area contributed by atoms with Crippen LogP contribution < -0.4 is 5.32 Å². The highest BCUT2D eigenvalue weighted by Gasteiger charge is 2.50. The number of nitrogens with one attached hydrogen (secondary N) is 1. The molecule has 1 fully saturated rings. The summed E-state index contributed by atoms with van der Waals surface area (Å²) in [5.74, 6) is -1.86. The maximum Gasteiger partial charge on any atom is 0.326 e. The zero-order chi connectivity index (χ0) is 22.8. The van der Waals surface area contributed by atoms with Crippen LogP contribution in [0.5, 0.6) is 0 Å². The van der Waals surface area contributed by atoms with Crippen LogP contribution in [-0.4, -0.2) is 47.8 Å². The topological polar surface area (TPSA) is 104 Å². The Bertz CT molecular complexity index is 1070. The summed E-state index contributed by atoms with van der Waals surface area (Å²) >= 11 is 11.9. The SMILES string of the molecule is C[C@@]1(C(=O)N[C@@H](Cc2ccccc2)C(=O)O)CCCN1S(=O)(=O)c1cc(Cl)cc(Cl)c1. The van der Waals surface area contributed by atoms with E-state index in [0.717, 1.165) is 9.87 Å². The Hall–Kier alpha value is -2.13. The molecule has 0 spiro atoms. The number of carboxylic acids is 1. The molecule has 1 amide bonds. The highest BCUT2D eigenvalue weighted by molar-refractivity contribution is 7.89. The Balaban J connectivity index is 1.87. The molecule has 166 valence electrons. The summed E-state index contributed by atoms with van der Waals surface area (Å²) in [6.07, 6.45) is 0.784. The molecule has 0 radical (unpaired) electrons. The van der Waals surface area contributed by atoms with Crippen molar-refractivity contribution in [3.63, 3.8) is 0 Å². The van der Waals surface area contributed by atoms with Crippen molar-refractivity contribution in [3.8, 4) is 0 Å². The van der Waals surface area contributed by atoms with Crippen molar-refractivity contribution < 1.29 is 23.1 Å². The first kappa shape index (κ1) is 23.5. The largest absolute Gasteiger partial charge is 0.480 e. The van der Waals surface area contributed by atoms with Gasteiger partial charge < -0.3 is 10.4 Å². The number of carbonyl (C=O) groups excluding carboxylic acids is 1. The van der Waals surface area contributed by atoms with Crippen LogP contribution in [0, 0.1) is 0 Å². The van der Waals surface area contributed by atoms with Gasteiger partial charge in [-0.25, -0.2) is 13.2 Å². The van der Waals surface area contributed by atoms with E-state index in [2.05, 4.69) is 5.32 Å². The molecule has 0 aliphatic carbocycles. The molecule has 2 N–H and O–H groups in total. The third-order valence-corrected chi connectivity index (χ3v) is 7.81. The molecule has 1 aliphatic rings. The number of rotatable bonds is 7. The van der Waals surface area contributed by atoms with Crippen molar-refractivity contribution in [2.45, 2.75) is 42.7 Å². The normalized spacial score (nSPS) is 20.4. The summed E-state index contributed by atoms with van der Waals surface area (Å²) in [6.45, 7) is 1.62. The lowest BCUT2D eigenvalue weighted by molar-refractivity contribution is -0.143. The summed E-state index contributed by atoms with van der Waals surface area (Å²) in [5, 5.41) is 12.4. The van der Waals surface area contributed by atoms with E-state index < -0.39 is 33.5 Å². The van der Waals surface area contributed by atoms with Gasteiger partial charge in [0, 0.05) is 23.0 Å². The van der Waals surface area contributed by atoms with E-state index in [1.807, 2.05) is 6.07 Å². The van der Waals surface area contributed by atoms with E-state index in [9.17, 15) is 23.1 Å². The molecular formula is C21H22Cl2N2O5S. The van der Waals surface area contributed by atoms with Crippen LogP contribution in [0.15, 0.2) is 53.4 Å². The van der Waals surface area contributed by atoms with Gasteiger partial charge in [-0.1, -0.05) is 53.5 Å². The Kier molecular flexibility index (Phi) is 6.95. The fraction of sp³-hybridized carbons (Fsp3) is 0.333. The highest BCUT2D eigenvalue weighted by atomic mass is 35.5. The predicted molar refractivity (Wildman–Crippen MR) is 118 cm³/mol. The maximum atomic E-state index is 13.3. The molecule has 3 rings (SSSR count). The molecule has 7 nitrogen and oxygen atoms in total. The number of hydrogen-bond acceptors (Lipinski definition) is 4. The lowest BCUT2D eigenvalue weighted by atomic mass is 9.97. The van der Waals surface area contributed by atoms with Crippen LogP contribution >= 0.6 is 23.2 Å². The van der Waals surface area contributed by atoms with Crippen molar-refractivity contribution in [2.24, 2.45) is 0 Å². The molecule has 0 bridgehead atoms. The number of amides is 1. The lowest BCUT2D eigenvalue weighted by Gasteiger charge is -2.34. The van der Waals surface area contributed by atoms with E-state index in [1.54, 1.807) is 24.3 Å². The van der Waals surface area contributed by atoms with Crippen molar-refractivity contribution in [1.29, 1.82) is 0 Å². The molecule has 1 aliphatic heterocycles. The minimum absolute atomic E-state index is 0.0780. The first-order chi connectivity index (χ1) is 14.5. The monoisotopic (exact) mass is 484 g/mol.